The molecule has 0 amide bonds. The highest BCUT2D eigenvalue weighted by Gasteiger charge is 2.09. The van der Waals surface area contributed by atoms with Crippen molar-refractivity contribution in [2.45, 2.75) is 0 Å². The SMILES string of the molecule is COC(=O)c1cccc2cnnn12. The first-order valence-corrected chi connectivity index (χ1v) is 3.70. The van der Waals surface area contributed by atoms with E-state index in [4.69, 9.17) is 0 Å². The molecular formula is C8H7N3O2. The Hall–Kier alpha value is -1.91. The van der Waals surface area contributed by atoms with E-state index in [2.05, 4.69) is 15.0 Å². The van der Waals surface area contributed by atoms with Crippen LogP contribution >= 0.6 is 0 Å². The van der Waals surface area contributed by atoms with Gasteiger partial charge in [-0.1, -0.05) is 11.3 Å². The molecule has 0 saturated carbocycles. The van der Waals surface area contributed by atoms with E-state index >= 15 is 0 Å². The highest BCUT2D eigenvalue weighted by molar-refractivity contribution is 5.88. The van der Waals surface area contributed by atoms with Gasteiger partial charge in [-0.15, -0.1) is 5.10 Å². The fraction of sp³-hybridized carbons (Fsp3) is 0.125. The molecule has 2 rings (SSSR count). The molecule has 13 heavy (non-hydrogen) atoms. The fourth-order valence-corrected chi connectivity index (χ4v) is 1.11. The molecule has 5 nitrogen and oxygen atoms in total. The molecule has 0 aliphatic heterocycles. The first-order chi connectivity index (χ1) is 6.33. The summed E-state index contributed by atoms with van der Waals surface area (Å²) in [6, 6.07) is 5.20. The van der Waals surface area contributed by atoms with Crippen LogP contribution in [0.2, 0.25) is 0 Å². The van der Waals surface area contributed by atoms with Gasteiger partial charge in [-0.25, -0.2) is 9.31 Å². The Labute approximate surface area is 73.9 Å². The van der Waals surface area contributed by atoms with Gasteiger partial charge in [0.25, 0.3) is 0 Å². The van der Waals surface area contributed by atoms with Crippen molar-refractivity contribution in [2.75, 3.05) is 7.11 Å². The van der Waals surface area contributed by atoms with Crippen LogP contribution in [0.1, 0.15) is 10.5 Å². The van der Waals surface area contributed by atoms with Crippen molar-refractivity contribution in [1.29, 1.82) is 0 Å². The Bertz CT molecular complexity index is 449. The zero-order chi connectivity index (χ0) is 9.26. The van der Waals surface area contributed by atoms with E-state index in [0.29, 0.717) is 5.69 Å². The minimum atomic E-state index is -0.420. The maximum absolute atomic E-state index is 11.2. The molecule has 2 aromatic rings. The van der Waals surface area contributed by atoms with Crippen molar-refractivity contribution in [2.24, 2.45) is 0 Å². The van der Waals surface area contributed by atoms with Crippen molar-refractivity contribution in [3.63, 3.8) is 0 Å². The Kier molecular flexibility index (Phi) is 1.70. The average molecular weight is 177 g/mol. The van der Waals surface area contributed by atoms with Crippen LogP contribution in [0.5, 0.6) is 0 Å². The zero-order valence-corrected chi connectivity index (χ0v) is 6.97. The van der Waals surface area contributed by atoms with Crippen LogP contribution in [0, 0.1) is 0 Å². The molecule has 5 heteroatoms. The van der Waals surface area contributed by atoms with Crippen LogP contribution < -0.4 is 0 Å². The fourth-order valence-electron chi connectivity index (χ4n) is 1.11. The van der Waals surface area contributed by atoms with Gasteiger partial charge in [0.1, 0.15) is 0 Å². The van der Waals surface area contributed by atoms with Crippen molar-refractivity contribution < 1.29 is 9.53 Å². The highest BCUT2D eigenvalue weighted by atomic mass is 16.5. The van der Waals surface area contributed by atoms with Gasteiger partial charge in [0.05, 0.1) is 18.8 Å². The highest BCUT2D eigenvalue weighted by Crippen LogP contribution is 2.05. The van der Waals surface area contributed by atoms with Crippen molar-refractivity contribution in [3.8, 4) is 0 Å². The second-order valence-corrected chi connectivity index (χ2v) is 2.47. The summed E-state index contributed by atoms with van der Waals surface area (Å²) in [7, 11) is 1.33. The summed E-state index contributed by atoms with van der Waals surface area (Å²) in [4.78, 5) is 11.2. The summed E-state index contributed by atoms with van der Waals surface area (Å²) < 4.78 is 6.02. The third kappa shape index (κ3) is 1.14. The number of hydrogen-bond donors (Lipinski definition) is 0. The molecule has 0 radical (unpaired) electrons. The second-order valence-electron chi connectivity index (χ2n) is 2.47. The molecule has 2 aromatic heterocycles. The molecule has 0 spiro atoms. The molecule has 0 atom stereocenters. The number of esters is 1. The summed E-state index contributed by atoms with van der Waals surface area (Å²) in [5.41, 5.74) is 1.14. The van der Waals surface area contributed by atoms with Gasteiger partial charge in [-0.3, -0.25) is 0 Å². The number of ether oxygens (including phenoxy) is 1. The lowest BCUT2D eigenvalue weighted by molar-refractivity contribution is 0.0590. The molecule has 0 N–H and O–H groups in total. The third-order valence-corrected chi connectivity index (χ3v) is 1.72. The average Bonchev–Trinajstić information content (AvgIpc) is 2.63. The molecule has 0 bridgehead atoms. The number of fused-ring (bicyclic) bond motifs is 1. The minimum Gasteiger partial charge on any atom is -0.464 e. The standard InChI is InChI=1S/C8H7N3O2/c1-13-8(12)7-4-2-3-6-5-9-10-11(6)7/h2-5H,1H3. The molecule has 0 unspecified atom stereocenters. The summed E-state index contributed by atoms with van der Waals surface area (Å²) in [5, 5.41) is 7.44. The van der Waals surface area contributed by atoms with E-state index in [0.717, 1.165) is 5.52 Å². The number of rotatable bonds is 1. The third-order valence-electron chi connectivity index (χ3n) is 1.72. The number of aromatic nitrogens is 3. The predicted octanol–water partition coefficient (Wildman–Crippen LogP) is 0.516. The normalized spacial score (nSPS) is 10.2. The molecular weight excluding hydrogens is 170 g/mol. The molecule has 0 aliphatic carbocycles. The Balaban J connectivity index is 2.67. The summed E-state index contributed by atoms with van der Waals surface area (Å²) in [6.07, 6.45) is 1.58. The molecule has 0 aromatic carbocycles. The Morgan fingerprint density at radius 1 is 1.54 bits per heavy atom. The first kappa shape index (κ1) is 7.72. The van der Waals surface area contributed by atoms with Gasteiger partial charge < -0.3 is 4.74 Å². The largest absolute Gasteiger partial charge is 0.464 e. The molecule has 0 aliphatic rings. The quantitative estimate of drug-likeness (QED) is 0.596. The van der Waals surface area contributed by atoms with Gasteiger partial charge in [0.2, 0.25) is 0 Å². The predicted molar refractivity (Wildman–Crippen MR) is 44.3 cm³/mol. The summed E-state index contributed by atoms with van der Waals surface area (Å²) in [6.45, 7) is 0. The van der Waals surface area contributed by atoms with E-state index in [-0.39, 0.29) is 0 Å². The van der Waals surface area contributed by atoms with Crippen LogP contribution in [0.4, 0.5) is 0 Å². The summed E-state index contributed by atoms with van der Waals surface area (Å²) >= 11 is 0. The maximum atomic E-state index is 11.2. The van der Waals surface area contributed by atoms with Gasteiger partial charge in [0, 0.05) is 0 Å². The van der Waals surface area contributed by atoms with E-state index in [9.17, 15) is 4.79 Å². The van der Waals surface area contributed by atoms with Crippen LogP contribution in [0.15, 0.2) is 24.4 Å². The number of pyridine rings is 1. The molecule has 0 fully saturated rings. The van der Waals surface area contributed by atoms with Gasteiger partial charge in [0.15, 0.2) is 5.69 Å². The van der Waals surface area contributed by atoms with Crippen molar-refractivity contribution in [3.05, 3.63) is 30.1 Å². The van der Waals surface area contributed by atoms with Gasteiger partial charge in [-0.05, 0) is 12.1 Å². The number of methoxy groups -OCH3 is 1. The Morgan fingerprint density at radius 2 is 2.38 bits per heavy atom. The lowest BCUT2D eigenvalue weighted by Crippen LogP contribution is -2.08. The van der Waals surface area contributed by atoms with Crippen LogP contribution in [-0.2, 0) is 4.74 Å². The van der Waals surface area contributed by atoms with E-state index in [1.807, 2.05) is 6.07 Å². The van der Waals surface area contributed by atoms with Crippen LogP contribution in [0.3, 0.4) is 0 Å². The monoisotopic (exact) mass is 177 g/mol. The maximum Gasteiger partial charge on any atom is 0.356 e. The van der Waals surface area contributed by atoms with E-state index in [1.54, 1.807) is 18.3 Å². The van der Waals surface area contributed by atoms with Crippen LogP contribution in [0.25, 0.3) is 5.52 Å². The van der Waals surface area contributed by atoms with Crippen LogP contribution in [-0.4, -0.2) is 27.9 Å². The summed E-state index contributed by atoms with van der Waals surface area (Å²) in [5.74, 6) is -0.420. The minimum absolute atomic E-state index is 0.373. The first-order valence-electron chi connectivity index (χ1n) is 3.70. The lowest BCUT2D eigenvalue weighted by atomic mass is 10.3. The van der Waals surface area contributed by atoms with Crippen molar-refractivity contribution >= 4 is 11.5 Å². The lowest BCUT2D eigenvalue weighted by Gasteiger charge is -2.00. The van der Waals surface area contributed by atoms with Gasteiger partial charge in [-0.2, -0.15) is 0 Å². The van der Waals surface area contributed by atoms with Gasteiger partial charge >= 0.3 is 5.97 Å². The number of carbonyl (C=O) groups excluding carboxylic acids is 1. The number of hydrogen-bond acceptors (Lipinski definition) is 4. The molecule has 0 saturated heterocycles. The smallest absolute Gasteiger partial charge is 0.356 e. The van der Waals surface area contributed by atoms with E-state index < -0.39 is 5.97 Å². The Morgan fingerprint density at radius 3 is 3.15 bits per heavy atom. The topological polar surface area (TPSA) is 56.5 Å². The van der Waals surface area contributed by atoms with E-state index in [1.165, 1.54) is 11.6 Å². The second kappa shape index (κ2) is 2.85. The number of carbonyl (C=O) groups is 1. The number of nitrogens with zero attached hydrogens (tertiary/aromatic N) is 3. The molecule has 66 valence electrons. The zero-order valence-electron chi connectivity index (χ0n) is 6.97. The van der Waals surface area contributed by atoms with Crippen molar-refractivity contribution in [1.82, 2.24) is 14.8 Å². The molecule has 2 heterocycles.